The van der Waals surface area contributed by atoms with Crippen LogP contribution in [0.25, 0.3) is 0 Å². The fourth-order valence-electron chi connectivity index (χ4n) is 1.99. The number of hydrogen-bond acceptors (Lipinski definition) is 4. The van der Waals surface area contributed by atoms with Crippen LogP contribution in [0.4, 0.5) is 0 Å². The Morgan fingerprint density at radius 3 is 2.81 bits per heavy atom. The second-order valence-corrected chi connectivity index (χ2v) is 7.16. The van der Waals surface area contributed by atoms with Crippen molar-refractivity contribution in [2.24, 2.45) is 0 Å². The number of carbonyl (C=O) groups is 1. The molecule has 1 aromatic heterocycles. The van der Waals surface area contributed by atoms with Crippen molar-refractivity contribution in [1.82, 2.24) is 4.90 Å². The summed E-state index contributed by atoms with van der Waals surface area (Å²) < 4.78 is 23.8. The second kappa shape index (κ2) is 3.30. The predicted octanol–water partition coefficient (Wildman–Crippen LogP) is 1.14. The Kier molecular flexibility index (Phi) is 2.12. The van der Waals surface area contributed by atoms with Gasteiger partial charge >= 0.3 is 0 Å². The second-order valence-electron chi connectivity index (χ2n) is 4.16. The molecule has 0 N–H and O–H groups in total. The number of carbonyl (C=O) groups excluding carboxylic acids is 1. The molecule has 0 aromatic carbocycles. The monoisotopic (exact) mass is 257 g/mol. The smallest absolute Gasteiger partial charge is 0.265 e. The molecule has 4 nitrogen and oxygen atoms in total. The van der Waals surface area contributed by atoms with E-state index in [-0.39, 0.29) is 22.6 Å². The molecule has 0 spiro atoms. The number of rotatable bonds is 1. The normalized spacial score (nSPS) is 24.0. The number of amides is 1. The summed E-state index contributed by atoms with van der Waals surface area (Å²) in [6.07, 6.45) is 2.01. The standard InChI is InChI=1S/C10H11NO3S2/c12-10-9-8(3-5-15-9)16(13,14)6-4-11(10)7-1-2-7/h3,5,7H,1-2,4,6H2. The molecule has 86 valence electrons. The van der Waals surface area contributed by atoms with E-state index in [2.05, 4.69) is 0 Å². The maximum absolute atomic E-state index is 12.1. The van der Waals surface area contributed by atoms with E-state index in [4.69, 9.17) is 0 Å². The molecule has 6 heteroatoms. The molecule has 2 aliphatic rings. The molecule has 1 aromatic rings. The zero-order valence-electron chi connectivity index (χ0n) is 8.55. The summed E-state index contributed by atoms with van der Waals surface area (Å²) in [7, 11) is -3.26. The van der Waals surface area contributed by atoms with Gasteiger partial charge in [0.15, 0.2) is 9.84 Å². The Balaban J connectivity index is 2.11. The van der Waals surface area contributed by atoms with Crippen molar-refractivity contribution in [3.05, 3.63) is 16.3 Å². The molecule has 0 bridgehead atoms. The van der Waals surface area contributed by atoms with Gasteiger partial charge < -0.3 is 4.90 Å². The molecule has 0 unspecified atom stereocenters. The van der Waals surface area contributed by atoms with E-state index >= 15 is 0 Å². The lowest BCUT2D eigenvalue weighted by Gasteiger charge is -2.18. The molecular weight excluding hydrogens is 246 g/mol. The summed E-state index contributed by atoms with van der Waals surface area (Å²) in [5.74, 6) is -0.0486. The Morgan fingerprint density at radius 1 is 1.38 bits per heavy atom. The zero-order chi connectivity index (χ0) is 11.3. The van der Waals surface area contributed by atoms with Crippen LogP contribution < -0.4 is 0 Å². The first-order valence-electron chi connectivity index (χ1n) is 5.21. The molecule has 0 atom stereocenters. The topological polar surface area (TPSA) is 54.5 Å². The summed E-state index contributed by atoms with van der Waals surface area (Å²) in [6, 6.07) is 1.82. The minimum absolute atomic E-state index is 0.0545. The van der Waals surface area contributed by atoms with Gasteiger partial charge in [0.1, 0.15) is 4.88 Å². The SMILES string of the molecule is O=C1c2sccc2S(=O)(=O)CCN1C1CC1. The maximum Gasteiger partial charge on any atom is 0.265 e. The van der Waals surface area contributed by atoms with Gasteiger partial charge in [0.2, 0.25) is 0 Å². The largest absolute Gasteiger partial charge is 0.334 e. The highest BCUT2D eigenvalue weighted by molar-refractivity contribution is 7.91. The highest BCUT2D eigenvalue weighted by Crippen LogP contribution is 2.33. The molecule has 16 heavy (non-hydrogen) atoms. The van der Waals surface area contributed by atoms with Crippen molar-refractivity contribution < 1.29 is 13.2 Å². The van der Waals surface area contributed by atoms with E-state index in [0.29, 0.717) is 11.4 Å². The van der Waals surface area contributed by atoms with E-state index in [1.807, 2.05) is 0 Å². The van der Waals surface area contributed by atoms with Crippen LogP contribution in [-0.2, 0) is 9.84 Å². The first-order chi connectivity index (χ1) is 7.59. The fraction of sp³-hybridized carbons (Fsp3) is 0.500. The highest BCUT2D eigenvalue weighted by Gasteiger charge is 2.39. The average Bonchev–Trinajstić information content (AvgIpc) is 2.95. The third-order valence-corrected chi connectivity index (χ3v) is 5.77. The molecule has 1 aliphatic heterocycles. The summed E-state index contributed by atoms with van der Waals surface area (Å²) in [4.78, 5) is 14.5. The van der Waals surface area contributed by atoms with Crippen LogP contribution in [0.3, 0.4) is 0 Å². The van der Waals surface area contributed by atoms with Crippen molar-refractivity contribution in [2.75, 3.05) is 12.3 Å². The zero-order valence-corrected chi connectivity index (χ0v) is 10.2. The van der Waals surface area contributed by atoms with Crippen molar-refractivity contribution >= 4 is 27.1 Å². The molecule has 0 radical (unpaired) electrons. The van der Waals surface area contributed by atoms with E-state index in [0.717, 1.165) is 12.8 Å². The molecule has 3 rings (SSSR count). The third-order valence-electron chi connectivity index (χ3n) is 3.01. The lowest BCUT2D eigenvalue weighted by Crippen LogP contribution is -2.34. The van der Waals surface area contributed by atoms with Gasteiger partial charge in [-0.05, 0) is 24.3 Å². The van der Waals surface area contributed by atoms with Gasteiger partial charge in [-0.2, -0.15) is 0 Å². The van der Waals surface area contributed by atoms with Gasteiger partial charge in [0, 0.05) is 12.6 Å². The summed E-state index contributed by atoms with van der Waals surface area (Å²) >= 11 is 1.23. The van der Waals surface area contributed by atoms with Crippen molar-refractivity contribution in [3.63, 3.8) is 0 Å². The molecule has 1 amide bonds. The van der Waals surface area contributed by atoms with Crippen LogP contribution in [-0.4, -0.2) is 37.6 Å². The van der Waals surface area contributed by atoms with Crippen LogP contribution in [0.2, 0.25) is 0 Å². The summed E-state index contributed by atoms with van der Waals surface area (Å²) in [5, 5.41) is 1.68. The van der Waals surface area contributed by atoms with Gasteiger partial charge in [0.05, 0.1) is 10.6 Å². The van der Waals surface area contributed by atoms with Gasteiger partial charge in [-0.3, -0.25) is 4.79 Å². The van der Waals surface area contributed by atoms with Gasteiger partial charge in [0.25, 0.3) is 5.91 Å². The average molecular weight is 257 g/mol. The first-order valence-corrected chi connectivity index (χ1v) is 7.74. The van der Waals surface area contributed by atoms with E-state index < -0.39 is 9.84 Å². The molecule has 1 aliphatic carbocycles. The number of nitrogens with zero attached hydrogens (tertiary/aromatic N) is 1. The number of thiophene rings is 1. The lowest BCUT2D eigenvalue weighted by molar-refractivity contribution is 0.0758. The number of hydrogen-bond donors (Lipinski definition) is 0. The first kappa shape index (κ1) is 10.3. The quantitative estimate of drug-likeness (QED) is 0.758. The fourth-order valence-corrected chi connectivity index (χ4v) is 4.65. The minimum Gasteiger partial charge on any atom is -0.334 e. The van der Waals surface area contributed by atoms with Crippen molar-refractivity contribution in [2.45, 2.75) is 23.8 Å². The minimum atomic E-state index is -3.26. The Labute approximate surface area is 97.8 Å². The summed E-state index contributed by atoms with van der Waals surface area (Å²) in [5.41, 5.74) is 0. The van der Waals surface area contributed by atoms with E-state index in [1.54, 1.807) is 16.3 Å². The van der Waals surface area contributed by atoms with Crippen LogP contribution in [0.5, 0.6) is 0 Å². The molecule has 2 heterocycles. The van der Waals surface area contributed by atoms with Gasteiger partial charge in [-0.25, -0.2) is 8.42 Å². The third kappa shape index (κ3) is 1.48. The molecule has 1 saturated carbocycles. The Bertz CT molecular complexity index is 542. The maximum atomic E-state index is 12.1. The van der Waals surface area contributed by atoms with Crippen molar-refractivity contribution in [3.8, 4) is 0 Å². The predicted molar refractivity (Wildman–Crippen MR) is 60.4 cm³/mol. The highest BCUT2D eigenvalue weighted by atomic mass is 32.2. The van der Waals surface area contributed by atoms with Gasteiger partial charge in [-0.1, -0.05) is 0 Å². The molecular formula is C10H11NO3S2. The van der Waals surface area contributed by atoms with Crippen LogP contribution in [0.15, 0.2) is 16.3 Å². The van der Waals surface area contributed by atoms with Gasteiger partial charge in [-0.15, -0.1) is 11.3 Å². The molecule has 1 fully saturated rings. The number of sulfone groups is 1. The number of fused-ring (bicyclic) bond motifs is 1. The van der Waals surface area contributed by atoms with Crippen LogP contribution >= 0.6 is 11.3 Å². The van der Waals surface area contributed by atoms with Crippen LogP contribution in [0.1, 0.15) is 22.5 Å². The lowest BCUT2D eigenvalue weighted by atomic mass is 10.4. The Morgan fingerprint density at radius 2 is 2.12 bits per heavy atom. The Hall–Kier alpha value is -0.880. The summed E-state index contributed by atoms with van der Waals surface area (Å²) in [6.45, 7) is 0.341. The van der Waals surface area contributed by atoms with Crippen LogP contribution in [0, 0.1) is 0 Å². The van der Waals surface area contributed by atoms with E-state index in [1.165, 1.54) is 11.3 Å². The van der Waals surface area contributed by atoms with E-state index in [9.17, 15) is 13.2 Å². The molecule has 0 saturated heterocycles. The van der Waals surface area contributed by atoms with Crippen molar-refractivity contribution in [1.29, 1.82) is 0 Å².